The molecule has 0 heteroatoms. The molecule has 0 aromatic rings. The minimum absolute atomic E-state index is 0.716. The molecule has 0 amide bonds. The lowest BCUT2D eigenvalue weighted by molar-refractivity contribution is -0.110. The predicted molar refractivity (Wildman–Crippen MR) is 90.1 cm³/mol. The van der Waals surface area contributed by atoms with Gasteiger partial charge in [0.1, 0.15) is 0 Å². The molecule has 0 spiro atoms. The van der Waals surface area contributed by atoms with E-state index in [9.17, 15) is 0 Å². The first-order valence-electron chi connectivity index (χ1n) is 10.1. The quantitative estimate of drug-likeness (QED) is 0.520. The maximum Gasteiger partial charge on any atom is -0.0266 e. The molecule has 4 fully saturated rings. The minimum Gasteiger partial charge on any atom is -0.0651 e. The van der Waals surface area contributed by atoms with Crippen molar-refractivity contribution in [1.29, 1.82) is 0 Å². The maximum absolute atomic E-state index is 2.71. The predicted octanol–water partition coefficient (Wildman–Crippen LogP) is 6.45. The Morgan fingerprint density at radius 2 is 1.57 bits per heavy atom. The van der Waals surface area contributed by atoms with E-state index >= 15 is 0 Å². The van der Waals surface area contributed by atoms with Crippen LogP contribution in [0.3, 0.4) is 0 Å². The third-order valence-electron chi connectivity index (χ3n) is 9.27. The van der Waals surface area contributed by atoms with Crippen molar-refractivity contribution in [3.8, 4) is 0 Å². The van der Waals surface area contributed by atoms with Crippen molar-refractivity contribution in [1.82, 2.24) is 0 Å². The van der Waals surface area contributed by atoms with Gasteiger partial charge in [0.2, 0.25) is 0 Å². The smallest absolute Gasteiger partial charge is 0.0266 e. The third-order valence-corrected chi connectivity index (χ3v) is 9.27. The Hall–Kier alpha value is 0. The summed E-state index contributed by atoms with van der Waals surface area (Å²) in [7, 11) is 0. The van der Waals surface area contributed by atoms with E-state index in [-0.39, 0.29) is 0 Å². The van der Waals surface area contributed by atoms with Crippen LogP contribution in [0.4, 0.5) is 0 Å². The van der Waals surface area contributed by atoms with E-state index < -0.39 is 0 Å². The highest BCUT2D eigenvalue weighted by Gasteiger charge is 2.59. The fourth-order valence-corrected chi connectivity index (χ4v) is 8.07. The van der Waals surface area contributed by atoms with Gasteiger partial charge in [-0.3, -0.25) is 0 Å². The molecule has 0 aliphatic heterocycles. The summed E-state index contributed by atoms with van der Waals surface area (Å²) in [5.41, 5.74) is 1.45. The Morgan fingerprint density at radius 3 is 2.38 bits per heavy atom. The normalized spacial score (nSPS) is 56.4. The molecule has 21 heavy (non-hydrogen) atoms. The van der Waals surface area contributed by atoms with E-state index in [1.165, 1.54) is 19.3 Å². The summed E-state index contributed by atoms with van der Waals surface area (Å²) in [6, 6.07) is 0. The first kappa shape index (κ1) is 14.6. The average molecular weight is 289 g/mol. The second kappa shape index (κ2) is 5.00. The molecule has 7 atom stereocenters. The number of fused-ring (bicyclic) bond motifs is 5. The second-order valence-corrected chi connectivity index (χ2v) is 9.63. The average Bonchev–Trinajstić information content (AvgIpc) is 2.83. The molecule has 0 aromatic carbocycles. The van der Waals surface area contributed by atoms with Gasteiger partial charge in [-0.1, -0.05) is 40.0 Å². The molecule has 4 aliphatic carbocycles. The van der Waals surface area contributed by atoms with Crippen LogP contribution in [0.1, 0.15) is 91.4 Å². The minimum atomic E-state index is 0.716. The lowest BCUT2D eigenvalue weighted by Crippen LogP contribution is -2.52. The van der Waals surface area contributed by atoms with Gasteiger partial charge in [-0.05, 0) is 91.8 Å². The fraction of sp³-hybridized carbons (Fsp3) is 1.00. The van der Waals surface area contributed by atoms with E-state index in [1.54, 1.807) is 51.4 Å². The standard InChI is InChI=1S/C21H36/c1-4-15-9-11-18-17-10-8-16-7-5-6-13-20(16,2)19(17)12-14-21(15,18)3/h15-19H,4-14H2,1-3H3/t15-,16?,17-,18-,19+,20-,21+/m0/s1. The molecule has 120 valence electrons. The van der Waals surface area contributed by atoms with E-state index in [0.717, 1.165) is 35.0 Å². The zero-order valence-corrected chi connectivity index (χ0v) is 14.7. The van der Waals surface area contributed by atoms with Crippen LogP contribution >= 0.6 is 0 Å². The van der Waals surface area contributed by atoms with Gasteiger partial charge in [-0.15, -0.1) is 0 Å². The molecule has 0 radical (unpaired) electrons. The SMILES string of the molecule is CC[C@H]1CC[C@H]2[C@@H]3CCC4CCCC[C@]4(C)[C@@H]3CC[C@]12C. The Balaban J connectivity index is 1.62. The Bertz CT molecular complexity index is 399. The summed E-state index contributed by atoms with van der Waals surface area (Å²) >= 11 is 0. The number of hydrogen-bond donors (Lipinski definition) is 0. The van der Waals surface area contributed by atoms with Crippen molar-refractivity contribution in [3.05, 3.63) is 0 Å². The van der Waals surface area contributed by atoms with Crippen LogP contribution in [-0.4, -0.2) is 0 Å². The van der Waals surface area contributed by atoms with E-state index in [0.29, 0.717) is 5.41 Å². The fourth-order valence-electron chi connectivity index (χ4n) is 8.07. The zero-order valence-electron chi connectivity index (χ0n) is 14.7. The molecule has 4 rings (SSSR count). The second-order valence-electron chi connectivity index (χ2n) is 9.63. The van der Waals surface area contributed by atoms with Crippen molar-refractivity contribution in [2.75, 3.05) is 0 Å². The molecular weight excluding hydrogens is 252 g/mol. The molecule has 4 aliphatic rings. The van der Waals surface area contributed by atoms with Crippen LogP contribution in [0.2, 0.25) is 0 Å². The Labute approximate surface area is 132 Å². The van der Waals surface area contributed by atoms with Crippen molar-refractivity contribution in [3.63, 3.8) is 0 Å². The molecule has 4 saturated carbocycles. The van der Waals surface area contributed by atoms with Gasteiger partial charge in [0, 0.05) is 0 Å². The highest BCUT2D eigenvalue weighted by Crippen LogP contribution is 2.67. The zero-order chi connectivity index (χ0) is 14.7. The van der Waals surface area contributed by atoms with Crippen LogP contribution in [0.5, 0.6) is 0 Å². The van der Waals surface area contributed by atoms with Crippen LogP contribution < -0.4 is 0 Å². The molecular formula is C21H36. The van der Waals surface area contributed by atoms with Crippen LogP contribution in [0.25, 0.3) is 0 Å². The molecule has 1 unspecified atom stereocenters. The van der Waals surface area contributed by atoms with Crippen molar-refractivity contribution in [2.45, 2.75) is 91.4 Å². The van der Waals surface area contributed by atoms with Gasteiger partial charge >= 0.3 is 0 Å². The summed E-state index contributed by atoms with van der Waals surface area (Å²) in [6.07, 6.45) is 17.0. The lowest BCUT2D eigenvalue weighted by atomic mass is 9.45. The highest BCUT2D eigenvalue weighted by molar-refractivity contribution is 5.08. The van der Waals surface area contributed by atoms with Crippen molar-refractivity contribution < 1.29 is 0 Å². The topological polar surface area (TPSA) is 0 Å². The summed E-state index contributed by atoms with van der Waals surface area (Å²) in [4.78, 5) is 0. The molecule has 0 N–H and O–H groups in total. The van der Waals surface area contributed by atoms with E-state index in [1.807, 2.05) is 0 Å². The van der Waals surface area contributed by atoms with Gasteiger partial charge in [0.25, 0.3) is 0 Å². The molecule has 0 bridgehead atoms. The van der Waals surface area contributed by atoms with Gasteiger partial charge in [-0.25, -0.2) is 0 Å². The van der Waals surface area contributed by atoms with Crippen LogP contribution in [0.15, 0.2) is 0 Å². The third kappa shape index (κ3) is 1.93. The molecule has 0 saturated heterocycles. The van der Waals surface area contributed by atoms with Crippen molar-refractivity contribution in [2.24, 2.45) is 40.4 Å². The summed E-state index contributed by atoms with van der Waals surface area (Å²) in [5.74, 6) is 5.39. The molecule has 0 heterocycles. The summed E-state index contributed by atoms with van der Waals surface area (Å²) in [5, 5.41) is 0. The van der Waals surface area contributed by atoms with Crippen LogP contribution in [-0.2, 0) is 0 Å². The highest BCUT2D eigenvalue weighted by atomic mass is 14.6. The van der Waals surface area contributed by atoms with E-state index in [4.69, 9.17) is 0 Å². The summed E-state index contributed by atoms with van der Waals surface area (Å²) in [6.45, 7) is 7.84. The lowest BCUT2D eigenvalue weighted by Gasteiger charge is -2.60. The molecule has 0 nitrogen and oxygen atoms in total. The number of rotatable bonds is 1. The van der Waals surface area contributed by atoms with Crippen LogP contribution in [0, 0.1) is 40.4 Å². The number of hydrogen-bond acceptors (Lipinski definition) is 0. The van der Waals surface area contributed by atoms with Gasteiger partial charge in [0.15, 0.2) is 0 Å². The summed E-state index contributed by atoms with van der Waals surface area (Å²) < 4.78 is 0. The van der Waals surface area contributed by atoms with Crippen molar-refractivity contribution >= 4 is 0 Å². The van der Waals surface area contributed by atoms with Gasteiger partial charge in [-0.2, -0.15) is 0 Å². The Morgan fingerprint density at radius 1 is 0.762 bits per heavy atom. The Kier molecular flexibility index (Phi) is 3.47. The monoisotopic (exact) mass is 288 g/mol. The first-order valence-corrected chi connectivity index (χ1v) is 10.1. The van der Waals surface area contributed by atoms with Gasteiger partial charge in [0.05, 0.1) is 0 Å². The van der Waals surface area contributed by atoms with Gasteiger partial charge < -0.3 is 0 Å². The van der Waals surface area contributed by atoms with E-state index in [2.05, 4.69) is 20.8 Å². The molecule has 0 aromatic heterocycles. The maximum atomic E-state index is 2.71. The largest absolute Gasteiger partial charge is 0.0651 e. The first-order chi connectivity index (χ1) is 10.1.